The topological polar surface area (TPSA) is 111 Å². The van der Waals surface area contributed by atoms with Gasteiger partial charge in [0.1, 0.15) is 6.04 Å². The second-order valence-corrected chi connectivity index (χ2v) is 4.02. The quantitative estimate of drug-likeness (QED) is 0.634. The number of nitrogens with one attached hydrogen (secondary N) is 1. The molecule has 1 unspecified atom stereocenters. The van der Waals surface area contributed by atoms with Gasteiger partial charge in [0.05, 0.1) is 4.92 Å². The van der Waals surface area contributed by atoms with Gasteiger partial charge in [0.25, 0.3) is 0 Å². The molecule has 0 aliphatic rings. The molecule has 0 aliphatic carbocycles. The van der Waals surface area contributed by atoms with Crippen molar-refractivity contribution in [2.75, 3.05) is 5.32 Å². The summed E-state index contributed by atoms with van der Waals surface area (Å²) in [6.07, 6.45) is 1.40. The van der Waals surface area contributed by atoms with Crippen molar-refractivity contribution < 1.29 is 9.72 Å². The zero-order valence-electron chi connectivity index (χ0n) is 10.4. The molecule has 1 amide bonds. The van der Waals surface area contributed by atoms with E-state index in [2.05, 4.69) is 10.3 Å². The molecule has 1 aromatic heterocycles. The zero-order valence-corrected chi connectivity index (χ0v) is 10.4. The van der Waals surface area contributed by atoms with Crippen molar-refractivity contribution >= 4 is 17.4 Å². The van der Waals surface area contributed by atoms with Gasteiger partial charge in [-0.05, 0) is 11.6 Å². The number of hydrogen-bond acceptors (Lipinski definition) is 5. The number of nitrogens with two attached hydrogens (primary N) is 1. The van der Waals surface area contributed by atoms with E-state index in [1.165, 1.54) is 18.3 Å². The van der Waals surface area contributed by atoms with Gasteiger partial charge in [0, 0.05) is 12.3 Å². The molecule has 20 heavy (non-hydrogen) atoms. The van der Waals surface area contributed by atoms with Crippen LogP contribution in [0.5, 0.6) is 0 Å². The van der Waals surface area contributed by atoms with Crippen molar-refractivity contribution in [2.45, 2.75) is 6.04 Å². The molecule has 0 radical (unpaired) electrons. The molecule has 7 heteroatoms. The van der Waals surface area contributed by atoms with E-state index in [9.17, 15) is 14.9 Å². The monoisotopic (exact) mass is 272 g/mol. The van der Waals surface area contributed by atoms with Crippen molar-refractivity contribution in [1.82, 2.24) is 4.98 Å². The van der Waals surface area contributed by atoms with E-state index in [4.69, 9.17) is 5.73 Å². The highest BCUT2D eigenvalue weighted by Crippen LogP contribution is 2.25. The number of hydrogen-bond donors (Lipinski definition) is 2. The first-order valence-electron chi connectivity index (χ1n) is 5.80. The number of rotatable bonds is 5. The van der Waals surface area contributed by atoms with Gasteiger partial charge in [-0.1, -0.05) is 30.3 Å². The minimum absolute atomic E-state index is 0.00477. The van der Waals surface area contributed by atoms with Crippen LogP contribution < -0.4 is 11.1 Å². The molecular weight excluding hydrogens is 260 g/mol. The third kappa shape index (κ3) is 2.89. The van der Waals surface area contributed by atoms with E-state index in [1.54, 1.807) is 30.3 Å². The lowest BCUT2D eigenvalue weighted by molar-refractivity contribution is -0.384. The Balaban J connectivity index is 2.35. The lowest BCUT2D eigenvalue weighted by Crippen LogP contribution is -2.28. The van der Waals surface area contributed by atoms with Gasteiger partial charge in [-0.25, -0.2) is 4.98 Å². The van der Waals surface area contributed by atoms with E-state index in [0.717, 1.165) is 0 Å². The molecule has 1 aromatic carbocycles. The van der Waals surface area contributed by atoms with E-state index < -0.39 is 16.9 Å². The van der Waals surface area contributed by atoms with Crippen molar-refractivity contribution in [2.24, 2.45) is 5.73 Å². The van der Waals surface area contributed by atoms with Crippen LogP contribution in [0.4, 0.5) is 11.5 Å². The minimum Gasteiger partial charge on any atom is -0.368 e. The van der Waals surface area contributed by atoms with Gasteiger partial charge in [-0.2, -0.15) is 0 Å². The highest BCUT2D eigenvalue weighted by Gasteiger charge is 2.22. The number of aromatic nitrogens is 1. The van der Waals surface area contributed by atoms with E-state index in [1.807, 2.05) is 0 Å². The molecule has 102 valence electrons. The maximum Gasteiger partial charge on any atom is 0.311 e. The average molecular weight is 272 g/mol. The highest BCUT2D eigenvalue weighted by atomic mass is 16.6. The largest absolute Gasteiger partial charge is 0.368 e. The number of carbonyl (C=O) groups is 1. The third-order valence-corrected chi connectivity index (χ3v) is 2.68. The molecule has 1 atom stereocenters. The second-order valence-electron chi connectivity index (χ2n) is 4.02. The van der Waals surface area contributed by atoms with Gasteiger partial charge in [0.15, 0.2) is 0 Å². The second kappa shape index (κ2) is 5.79. The fraction of sp³-hybridized carbons (Fsp3) is 0.0769. The number of primary amides is 1. The Morgan fingerprint density at radius 3 is 2.55 bits per heavy atom. The molecule has 7 nitrogen and oxygen atoms in total. The normalized spacial score (nSPS) is 11.6. The van der Waals surface area contributed by atoms with Gasteiger partial charge < -0.3 is 11.1 Å². The van der Waals surface area contributed by atoms with Crippen LogP contribution in [-0.2, 0) is 4.79 Å². The van der Waals surface area contributed by atoms with Crippen LogP contribution >= 0.6 is 0 Å². The Hall–Kier alpha value is -2.96. The van der Waals surface area contributed by atoms with E-state index in [0.29, 0.717) is 5.56 Å². The Bertz CT molecular complexity index is 631. The molecule has 2 rings (SSSR count). The molecule has 3 N–H and O–H groups in total. The van der Waals surface area contributed by atoms with Crippen LogP contribution in [0.2, 0.25) is 0 Å². The van der Waals surface area contributed by atoms with Crippen LogP contribution in [0, 0.1) is 10.1 Å². The summed E-state index contributed by atoms with van der Waals surface area (Å²) in [7, 11) is 0. The number of amides is 1. The Labute approximate surface area is 114 Å². The summed E-state index contributed by atoms with van der Waals surface area (Å²) in [6, 6.07) is 10.6. The standard InChI is InChI=1S/C13H12N4O3/c14-12(18)11(9-5-2-1-3-6-9)16-13-10(17(19)20)7-4-8-15-13/h1-8,11H,(H2,14,18)(H,15,16). The molecule has 1 heterocycles. The van der Waals surface area contributed by atoms with Gasteiger partial charge in [0.2, 0.25) is 11.7 Å². The summed E-state index contributed by atoms with van der Waals surface area (Å²) < 4.78 is 0. The molecule has 0 bridgehead atoms. The smallest absolute Gasteiger partial charge is 0.311 e. The molecule has 0 spiro atoms. The molecule has 0 fully saturated rings. The Morgan fingerprint density at radius 2 is 1.95 bits per heavy atom. The highest BCUT2D eigenvalue weighted by molar-refractivity contribution is 5.84. The van der Waals surface area contributed by atoms with Gasteiger partial charge >= 0.3 is 5.69 Å². The fourth-order valence-electron chi connectivity index (χ4n) is 1.76. The molecule has 0 saturated carbocycles. The first kappa shape index (κ1) is 13.5. The van der Waals surface area contributed by atoms with Crippen LogP contribution in [-0.4, -0.2) is 15.8 Å². The zero-order chi connectivity index (χ0) is 14.5. The Morgan fingerprint density at radius 1 is 1.25 bits per heavy atom. The number of benzene rings is 1. The van der Waals surface area contributed by atoms with Crippen LogP contribution in [0.3, 0.4) is 0 Å². The predicted octanol–water partition coefficient (Wildman–Crippen LogP) is 1.63. The van der Waals surface area contributed by atoms with Crippen LogP contribution in [0.1, 0.15) is 11.6 Å². The number of pyridine rings is 1. The summed E-state index contributed by atoms with van der Waals surface area (Å²) in [5, 5.41) is 13.6. The summed E-state index contributed by atoms with van der Waals surface area (Å²) >= 11 is 0. The Kier molecular flexibility index (Phi) is 3.90. The maximum atomic E-state index is 11.5. The predicted molar refractivity (Wildman–Crippen MR) is 72.9 cm³/mol. The van der Waals surface area contributed by atoms with Gasteiger partial charge in [-0.15, -0.1) is 0 Å². The maximum absolute atomic E-state index is 11.5. The summed E-state index contributed by atoms with van der Waals surface area (Å²) in [5.41, 5.74) is 5.74. The fourth-order valence-corrected chi connectivity index (χ4v) is 1.76. The summed E-state index contributed by atoms with van der Waals surface area (Å²) in [5.74, 6) is -0.638. The van der Waals surface area contributed by atoms with Crippen molar-refractivity contribution in [1.29, 1.82) is 0 Å². The number of anilines is 1. The molecule has 0 aliphatic heterocycles. The number of nitro groups is 1. The average Bonchev–Trinajstić information content (AvgIpc) is 2.45. The van der Waals surface area contributed by atoms with E-state index >= 15 is 0 Å². The number of carbonyl (C=O) groups excluding carboxylic acids is 1. The number of nitrogens with zero attached hydrogens (tertiary/aromatic N) is 2. The van der Waals surface area contributed by atoms with Crippen molar-refractivity contribution in [3.8, 4) is 0 Å². The molecular formula is C13H12N4O3. The van der Waals surface area contributed by atoms with Crippen LogP contribution in [0.15, 0.2) is 48.7 Å². The first-order valence-corrected chi connectivity index (χ1v) is 5.80. The van der Waals surface area contributed by atoms with Crippen molar-refractivity contribution in [3.63, 3.8) is 0 Å². The summed E-state index contributed by atoms with van der Waals surface area (Å²) in [6.45, 7) is 0. The van der Waals surface area contributed by atoms with E-state index in [-0.39, 0.29) is 11.5 Å². The lowest BCUT2D eigenvalue weighted by Gasteiger charge is -2.16. The SMILES string of the molecule is NC(=O)C(Nc1ncccc1[N+](=O)[O-])c1ccccc1. The first-order chi connectivity index (χ1) is 9.59. The third-order valence-electron chi connectivity index (χ3n) is 2.68. The molecule has 0 saturated heterocycles. The minimum atomic E-state index is -0.884. The summed E-state index contributed by atoms with van der Waals surface area (Å²) in [4.78, 5) is 25.8. The van der Waals surface area contributed by atoms with Gasteiger partial charge in [-0.3, -0.25) is 14.9 Å². The van der Waals surface area contributed by atoms with Crippen molar-refractivity contribution in [3.05, 3.63) is 64.3 Å². The van der Waals surface area contributed by atoms with Crippen LogP contribution in [0.25, 0.3) is 0 Å². The lowest BCUT2D eigenvalue weighted by atomic mass is 10.1. The molecule has 2 aromatic rings.